The Kier molecular flexibility index (Phi) is 3.95. The van der Waals surface area contributed by atoms with Crippen LogP contribution in [0.3, 0.4) is 0 Å². The van der Waals surface area contributed by atoms with Crippen molar-refractivity contribution in [2.45, 2.75) is 25.3 Å². The van der Waals surface area contributed by atoms with Gasteiger partial charge in [-0.3, -0.25) is 0 Å². The number of hydrogen-bond acceptors (Lipinski definition) is 4. The summed E-state index contributed by atoms with van der Waals surface area (Å²) in [4.78, 5) is 4.50. The highest BCUT2D eigenvalue weighted by molar-refractivity contribution is 5.94. The number of anilines is 1. The molecule has 110 valence electrons. The van der Waals surface area contributed by atoms with Gasteiger partial charge in [-0.1, -0.05) is 12.2 Å². The number of fused-ring (bicyclic) bond motifs is 1. The van der Waals surface area contributed by atoms with E-state index in [1.54, 1.807) is 14.2 Å². The third-order valence-electron chi connectivity index (χ3n) is 3.88. The van der Waals surface area contributed by atoms with Crippen LogP contribution >= 0.6 is 0 Å². The molecule has 0 saturated carbocycles. The molecule has 1 N–H and O–H groups in total. The minimum atomic E-state index is 0.446. The predicted molar refractivity (Wildman–Crippen MR) is 85.2 cm³/mol. The van der Waals surface area contributed by atoms with Crippen LogP contribution in [0, 0.1) is 0 Å². The number of rotatable bonds is 4. The molecule has 1 aromatic heterocycles. The smallest absolute Gasteiger partial charge is 0.161 e. The van der Waals surface area contributed by atoms with E-state index in [4.69, 9.17) is 9.47 Å². The molecule has 0 saturated heterocycles. The van der Waals surface area contributed by atoms with Crippen molar-refractivity contribution < 1.29 is 9.47 Å². The maximum atomic E-state index is 5.40. The second-order valence-electron chi connectivity index (χ2n) is 5.21. The molecule has 4 nitrogen and oxygen atoms in total. The largest absolute Gasteiger partial charge is 0.493 e. The molecular formula is C17H20N2O2. The molecular weight excluding hydrogens is 264 g/mol. The van der Waals surface area contributed by atoms with E-state index >= 15 is 0 Å². The number of ether oxygens (including phenoxy) is 2. The van der Waals surface area contributed by atoms with Gasteiger partial charge < -0.3 is 14.8 Å². The average molecular weight is 284 g/mol. The quantitative estimate of drug-likeness (QED) is 0.868. The van der Waals surface area contributed by atoms with Gasteiger partial charge in [0, 0.05) is 17.6 Å². The summed E-state index contributed by atoms with van der Waals surface area (Å²) in [5.41, 5.74) is 0. The zero-order chi connectivity index (χ0) is 14.7. The molecule has 0 bridgehead atoms. The van der Waals surface area contributed by atoms with Gasteiger partial charge in [-0.15, -0.1) is 0 Å². The first-order chi connectivity index (χ1) is 10.3. The molecule has 0 amide bonds. The van der Waals surface area contributed by atoms with E-state index in [0.717, 1.165) is 47.4 Å². The van der Waals surface area contributed by atoms with Crippen molar-refractivity contribution in [1.29, 1.82) is 0 Å². The summed E-state index contributed by atoms with van der Waals surface area (Å²) >= 11 is 0. The lowest BCUT2D eigenvalue weighted by molar-refractivity contribution is 0.356. The topological polar surface area (TPSA) is 43.4 Å². The van der Waals surface area contributed by atoms with E-state index in [1.807, 2.05) is 24.4 Å². The van der Waals surface area contributed by atoms with Crippen molar-refractivity contribution in [3.8, 4) is 11.5 Å². The molecule has 1 aliphatic carbocycles. The third kappa shape index (κ3) is 2.79. The van der Waals surface area contributed by atoms with E-state index < -0.39 is 0 Å². The molecule has 1 unspecified atom stereocenters. The predicted octanol–water partition coefficient (Wildman–Crippen LogP) is 3.77. The first kappa shape index (κ1) is 13.7. The van der Waals surface area contributed by atoms with Gasteiger partial charge in [0.1, 0.15) is 5.82 Å². The van der Waals surface area contributed by atoms with E-state index in [1.165, 1.54) is 0 Å². The van der Waals surface area contributed by atoms with Gasteiger partial charge >= 0.3 is 0 Å². The highest BCUT2D eigenvalue weighted by atomic mass is 16.5. The maximum Gasteiger partial charge on any atom is 0.161 e. The summed E-state index contributed by atoms with van der Waals surface area (Å²) in [7, 11) is 3.30. The van der Waals surface area contributed by atoms with Crippen LogP contribution in [-0.2, 0) is 0 Å². The van der Waals surface area contributed by atoms with E-state index in [9.17, 15) is 0 Å². The standard InChI is InChI=1S/C17H20N2O2/c1-20-15-10-12-8-9-18-17(14(12)11-16(15)21-2)19-13-6-4-3-5-7-13/h3-4,8-11,13H,5-7H2,1-2H3,(H,18,19). The molecule has 1 heterocycles. The number of pyridine rings is 1. The summed E-state index contributed by atoms with van der Waals surface area (Å²) in [6, 6.07) is 6.41. The number of nitrogens with zero attached hydrogens (tertiary/aromatic N) is 1. The van der Waals surface area contributed by atoms with Crippen molar-refractivity contribution in [3.63, 3.8) is 0 Å². The van der Waals surface area contributed by atoms with Crippen LogP contribution in [0.25, 0.3) is 10.8 Å². The fourth-order valence-electron chi connectivity index (χ4n) is 2.73. The Morgan fingerprint density at radius 2 is 1.95 bits per heavy atom. The lowest BCUT2D eigenvalue weighted by Crippen LogP contribution is -2.21. The molecule has 21 heavy (non-hydrogen) atoms. The van der Waals surface area contributed by atoms with Crippen molar-refractivity contribution in [1.82, 2.24) is 4.98 Å². The summed E-state index contributed by atoms with van der Waals surface area (Å²) in [6.45, 7) is 0. The molecule has 1 aliphatic rings. The number of nitrogens with one attached hydrogen (secondary N) is 1. The van der Waals surface area contributed by atoms with Crippen LogP contribution < -0.4 is 14.8 Å². The second-order valence-corrected chi connectivity index (χ2v) is 5.21. The first-order valence-corrected chi connectivity index (χ1v) is 7.24. The van der Waals surface area contributed by atoms with Crippen LogP contribution in [0.1, 0.15) is 19.3 Å². The third-order valence-corrected chi connectivity index (χ3v) is 3.88. The van der Waals surface area contributed by atoms with Gasteiger partial charge in [0.05, 0.1) is 14.2 Å². The van der Waals surface area contributed by atoms with Crippen molar-refractivity contribution in [2.75, 3.05) is 19.5 Å². The lowest BCUT2D eigenvalue weighted by Gasteiger charge is -2.21. The molecule has 0 spiro atoms. The van der Waals surface area contributed by atoms with Gasteiger partial charge in [0.15, 0.2) is 11.5 Å². The van der Waals surface area contributed by atoms with E-state index in [2.05, 4.69) is 22.5 Å². The molecule has 2 aromatic rings. The van der Waals surface area contributed by atoms with Gasteiger partial charge in [0.2, 0.25) is 0 Å². The minimum Gasteiger partial charge on any atom is -0.493 e. The van der Waals surface area contributed by atoms with Gasteiger partial charge in [-0.05, 0) is 42.8 Å². The zero-order valence-corrected chi connectivity index (χ0v) is 12.4. The monoisotopic (exact) mass is 284 g/mol. The highest BCUT2D eigenvalue weighted by Gasteiger charge is 2.14. The molecule has 3 rings (SSSR count). The number of aromatic nitrogens is 1. The van der Waals surface area contributed by atoms with Crippen molar-refractivity contribution >= 4 is 16.6 Å². The molecule has 0 aliphatic heterocycles. The normalized spacial score (nSPS) is 17.7. The Morgan fingerprint density at radius 3 is 2.67 bits per heavy atom. The van der Waals surface area contributed by atoms with Crippen LogP contribution in [-0.4, -0.2) is 25.2 Å². The second kappa shape index (κ2) is 6.04. The average Bonchev–Trinajstić information content (AvgIpc) is 2.55. The van der Waals surface area contributed by atoms with Gasteiger partial charge in [0.25, 0.3) is 0 Å². The zero-order valence-electron chi connectivity index (χ0n) is 12.4. The SMILES string of the molecule is COc1cc2ccnc(NC3CC=CCC3)c2cc1OC. The van der Waals surface area contributed by atoms with Crippen LogP contribution in [0.2, 0.25) is 0 Å². The molecule has 1 aromatic carbocycles. The number of benzene rings is 1. The summed E-state index contributed by atoms with van der Waals surface area (Å²) in [5, 5.41) is 5.71. The Labute approximate surface area is 124 Å². The van der Waals surface area contributed by atoms with E-state index in [-0.39, 0.29) is 0 Å². The van der Waals surface area contributed by atoms with Crippen molar-refractivity contribution in [3.05, 3.63) is 36.5 Å². The van der Waals surface area contributed by atoms with E-state index in [0.29, 0.717) is 6.04 Å². The van der Waals surface area contributed by atoms with Crippen LogP contribution in [0.4, 0.5) is 5.82 Å². The molecule has 4 heteroatoms. The van der Waals surface area contributed by atoms with Crippen LogP contribution in [0.15, 0.2) is 36.5 Å². The highest BCUT2D eigenvalue weighted by Crippen LogP contribution is 2.35. The Balaban J connectivity index is 2.00. The number of methoxy groups -OCH3 is 2. The number of allylic oxidation sites excluding steroid dienone is 1. The molecule has 0 radical (unpaired) electrons. The van der Waals surface area contributed by atoms with Gasteiger partial charge in [-0.2, -0.15) is 0 Å². The summed E-state index contributed by atoms with van der Waals surface area (Å²) in [5.74, 6) is 2.38. The first-order valence-electron chi connectivity index (χ1n) is 7.24. The Morgan fingerprint density at radius 1 is 1.14 bits per heavy atom. The fraction of sp³-hybridized carbons (Fsp3) is 0.353. The van der Waals surface area contributed by atoms with Crippen LogP contribution in [0.5, 0.6) is 11.5 Å². The van der Waals surface area contributed by atoms with Gasteiger partial charge in [-0.25, -0.2) is 4.98 Å². The molecule has 0 fully saturated rings. The summed E-state index contributed by atoms with van der Waals surface area (Å²) in [6.07, 6.45) is 9.61. The Hall–Kier alpha value is -2.23. The number of hydrogen-bond donors (Lipinski definition) is 1. The fourth-order valence-corrected chi connectivity index (χ4v) is 2.73. The molecule has 1 atom stereocenters. The maximum absolute atomic E-state index is 5.40. The lowest BCUT2D eigenvalue weighted by atomic mass is 10.0. The summed E-state index contributed by atoms with van der Waals surface area (Å²) < 4.78 is 10.8. The van der Waals surface area contributed by atoms with Crippen molar-refractivity contribution in [2.24, 2.45) is 0 Å². The minimum absolute atomic E-state index is 0.446. The Bertz CT molecular complexity index is 667.